The zero-order valence-corrected chi connectivity index (χ0v) is 11.4. The topological polar surface area (TPSA) is 63.6 Å². The van der Waals surface area contributed by atoms with Gasteiger partial charge in [-0.25, -0.2) is 8.42 Å². The predicted molar refractivity (Wildman–Crippen MR) is 67.8 cm³/mol. The number of hydrogen-bond acceptors (Lipinski definition) is 4. The zero-order valence-electron chi connectivity index (χ0n) is 10.5. The summed E-state index contributed by atoms with van der Waals surface area (Å²) in [6.07, 6.45) is -0.117. The third-order valence-corrected chi connectivity index (χ3v) is 5.82. The molecule has 5 heteroatoms. The standard InChI is InChI=1S/C13H18O4S/c1-13(2)11(8-9-12(14)17-13)18(15,16)10-6-4-3-5-7-10/h3-7,11-12,14H,8-9H2,1-2H3. The second-order valence-electron chi connectivity index (χ2n) is 5.10. The van der Waals surface area contributed by atoms with Crippen LogP contribution in [0.25, 0.3) is 0 Å². The number of benzene rings is 1. The number of aliphatic hydroxyl groups excluding tert-OH is 1. The van der Waals surface area contributed by atoms with E-state index in [0.29, 0.717) is 17.7 Å². The summed E-state index contributed by atoms with van der Waals surface area (Å²) in [7, 11) is -3.43. The fourth-order valence-corrected chi connectivity index (χ4v) is 4.54. The van der Waals surface area contributed by atoms with Crippen LogP contribution in [0.15, 0.2) is 35.2 Å². The van der Waals surface area contributed by atoms with Gasteiger partial charge in [0.2, 0.25) is 0 Å². The molecule has 2 rings (SSSR count). The maximum Gasteiger partial charge on any atom is 0.184 e. The van der Waals surface area contributed by atoms with Gasteiger partial charge in [0.25, 0.3) is 0 Å². The maximum atomic E-state index is 12.5. The number of rotatable bonds is 2. The van der Waals surface area contributed by atoms with Gasteiger partial charge in [-0.15, -0.1) is 0 Å². The second kappa shape index (κ2) is 4.64. The summed E-state index contributed by atoms with van der Waals surface area (Å²) in [6, 6.07) is 8.38. The summed E-state index contributed by atoms with van der Waals surface area (Å²) in [5, 5.41) is 8.85. The van der Waals surface area contributed by atoms with E-state index in [1.807, 2.05) is 0 Å². The van der Waals surface area contributed by atoms with Crippen molar-refractivity contribution in [2.75, 3.05) is 0 Å². The second-order valence-corrected chi connectivity index (χ2v) is 7.23. The Morgan fingerprint density at radius 1 is 1.22 bits per heavy atom. The first-order valence-corrected chi connectivity index (χ1v) is 7.53. The Balaban J connectivity index is 2.37. The molecule has 0 spiro atoms. The highest BCUT2D eigenvalue weighted by atomic mass is 32.2. The summed E-state index contributed by atoms with van der Waals surface area (Å²) in [5.41, 5.74) is -0.883. The van der Waals surface area contributed by atoms with E-state index >= 15 is 0 Å². The molecule has 1 aliphatic heterocycles. The van der Waals surface area contributed by atoms with Crippen molar-refractivity contribution in [1.29, 1.82) is 0 Å². The van der Waals surface area contributed by atoms with E-state index < -0.39 is 27.0 Å². The van der Waals surface area contributed by atoms with Crippen LogP contribution in [0.1, 0.15) is 26.7 Å². The van der Waals surface area contributed by atoms with E-state index in [-0.39, 0.29) is 0 Å². The van der Waals surface area contributed by atoms with E-state index in [1.165, 1.54) is 0 Å². The zero-order chi connectivity index (χ0) is 13.4. The molecule has 0 aliphatic carbocycles. The highest BCUT2D eigenvalue weighted by Gasteiger charge is 2.45. The fraction of sp³-hybridized carbons (Fsp3) is 0.538. The molecule has 2 atom stereocenters. The van der Waals surface area contributed by atoms with Crippen molar-refractivity contribution >= 4 is 9.84 Å². The summed E-state index contributed by atoms with van der Waals surface area (Å²) in [6.45, 7) is 3.42. The Morgan fingerprint density at radius 3 is 2.39 bits per heavy atom. The summed E-state index contributed by atoms with van der Waals surface area (Å²) in [5.74, 6) is 0. The molecule has 1 aromatic rings. The molecular formula is C13H18O4S. The van der Waals surface area contributed by atoms with Crippen LogP contribution in [0.5, 0.6) is 0 Å². The van der Waals surface area contributed by atoms with Gasteiger partial charge < -0.3 is 9.84 Å². The Morgan fingerprint density at radius 2 is 1.83 bits per heavy atom. The molecule has 1 fully saturated rings. The van der Waals surface area contributed by atoms with Gasteiger partial charge in [0.1, 0.15) is 0 Å². The molecule has 2 unspecified atom stereocenters. The first kappa shape index (κ1) is 13.5. The first-order chi connectivity index (χ1) is 8.34. The van der Waals surface area contributed by atoms with Gasteiger partial charge in [-0.2, -0.15) is 0 Å². The quantitative estimate of drug-likeness (QED) is 0.889. The van der Waals surface area contributed by atoms with Crippen LogP contribution in [-0.4, -0.2) is 30.7 Å². The van der Waals surface area contributed by atoms with Gasteiger partial charge in [0, 0.05) is 0 Å². The fourth-order valence-electron chi connectivity index (χ4n) is 2.43. The molecule has 0 bridgehead atoms. The molecule has 1 saturated heterocycles. The smallest absolute Gasteiger partial charge is 0.184 e. The van der Waals surface area contributed by atoms with Crippen LogP contribution in [0, 0.1) is 0 Å². The van der Waals surface area contributed by atoms with Crippen molar-refractivity contribution in [1.82, 2.24) is 0 Å². The number of aliphatic hydroxyl groups is 1. The molecule has 0 amide bonds. The summed E-state index contributed by atoms with van der Waals surface area (Å²) < 4.78 is 30.5. The van der Waals surface area contributed by atoms with Gasteiger partial charge in [0.15, 0.2) is 16.1 Å². The van der Waals surface area contributed by atoms with Crippen molar-refractivity contribution in [3.63, 3.8) is 0 Å². The molecule has 18 heavy (non-hydrogen) atoms. The number of hydrogen-bond donors (Lipinski definition) is 1. The minimum atomic E-state index is -3.43. The van der Waals surface area contributed by atoms with E-state index in [1.54, 1.807) is 44.2 Å². The minimum absolute atomic E-state index is 0.308. The third kappa shape index (κ3) is 2.43. The SMILES string of the molecule is CC1(C)OC(O)CCC1S(=O)(=O)c1ccccc1. The monoisotopic (exact) mass is 270 g/mol. The Hall–Kier alpha value is -0.910. The molecule has 0 saturated carbocycles. The summed E-state index contributed by atoms with van der Waals surface area (Å²) >= 11 is 0. The molecular weight excluding hydrogens is 252 g/mol. The van der Waals surface area contributed by atoms with Crippen LogP contribution in [0.4, 0.5) is 0 Å². The van der Waals surface area contributed by atoms with Crippen LogP contribution in [0.3, 0.4) is 0 Å². The van der Waals surface area contributed by atoms with Gasteiger partial charge in [-0.1, -0.05) is 18.2 Å². The molecule has 1 aliphatic rings. The van der Waals surface area contributed by atoms with Gasteiger partial charge in [-0.05, 0) is 38.8 Å². The summed E-state index contributed by atoms with van der Waals surface area (Å²) in [4.78, 5) is 0.308. The molecule has 1 heterocycles. The van der Waals surface area contributed by atoms with Crippen molar-refractivity contribution in [3.8, 4) is 0 Å². The van der Waals surface area contributed by atoms with E-state index in [2.05, 4.69) is 0 Å². The lowest BCUT2D eigenvalue weighted by Gasteiger charge is -2.40. The largest absolute Gasteiger partial charge is 0.368 e. The molecule has 4 nitrogen and oxygen atoms in total. The number of sulfone groups is 1. The lowest BCUT2D eigenvalue weighted by Crippen LogP contribution is -2.50. The van der Waals surface area contributed by atoms with Crippen LogP contribution < -0.4 is 0 Å². The minimum Gasteiger partial charge on any atom is -0.368 e. The molecule has 0 radical (unpaired) electrons. The van der Waals surface area contributed by atoms with E-state index in [4.69, 9.17) is 4.74 Å². The Kier molecular flexibility index (Phi) is 3.49. The normalized spacial score (nSPS) is 27.9. The molecule has 100 valence electrons. The predicted octanol–water partition coefficient (Wildman–Crippen LogP) is 1.74. The Labute approximate surface area is 108 Å². The third-order valence-electron chi connectivity index (χ3n) is 3.34. The van der Waals surface area contributed by atoms with Crippen molar-refractivity contribution in [2.45, 2.75) is 48.7 Å². The Bertz CT molecular complexity index is 507. The number of ether oxygens (including phenoxy) is 1. The first-order valence-electron chi connectivity index (χ1n) is 5.99. The lowest BCUT2D eigenvalue weighted by molar-refractivity contribution is -0.197. The van der Waals surface area contributed by atoms with E-state index in [9.17, 15) is 13.5 Å². The molecule has 1 aromatic carbocycles. The lowest BCUT2D eigenvalue weighted by atomic mass is 9.97. The highest BCUT2D eigenvalue weighted by Crippen LogP contribution is 2.35. The van der Waals surface area contributed by atoms with Crippen molar-refractivity contribution < 1.29 is 18.3 Å². The van der Waals surface area contributed by atoms with Crippen LogP contribution in [0.2, 0.25) is 0 Å². The average molecular weight is 270 g/mol. The van der Waals surface area contributed by atoms with Gasteiger partial charge in [-0.3, -0.25) is 0 Å². The van der Waals surface area contributed by atoms with Crippen molar-refractivity contribution in [2.24, 2.45) is 0 Å². The van der Waals surface area contributed by atoms with Gasteiger partial charge >= 0.3 is 0 Å². The van der Waals surface area contributed by atoms with Gasteiger partial charge in [0.05, 0.1) is 15.7 Å². The molecule has 1 N–H and O–H groups in total. The van der Waals surface area contributed by atoms with Crippen LogP contribution >= 0.6 is 0 Å². The molecule has 0 aromatic heterocycles. The van der Waals surface area contributed by atoms with Crippen LogP contribution in [-0.2, 0) is 14.6 Å². The average Bonchev–Trinajstić information content (AvgIpc) is 2.28. The maximum absolute atomic E-state index is 12.5. The van der Waals surface area contributed by atoms with E-state index in [0.717, 1.165) is 0 Å². The highest BCUT2D eigenvalue weighted by molar-refractivity contribution is 7.92. The van der Waals surface area contributed by atoms with Crippen molar-refractivity contribution in [3.05, 3.63) is 30.3 Å².